The Balaban J connectivity index is 2.03. The third-order valence-electron chi connectivity index (χ3n) is 4.79. The van der Waals surface area contributed by atoms with Crippen LogP contribution in [0.5, 0.6) is 0 Å². The summed E-state index contributed by atoms with van der Waals surface area (Å²) in [5.74, 6) is 1.39. The molecule has 0 saturated heterocycles. The van der Waals surface area contributed by atoms with E-state index in [9.17, 15) is 0 Å². The molecule has 0 spiro atoms. The van der Waals surface area contributed by atoms with Crippen LogP contribution >= 0.6 is 0 Å². The average molecular weight is 324 g/mol. The summed E-state index contributed by atoms with van der Waals surface area (Å²) in [6.45, 7) is 0.898. The van der Waals surface area contributed by atoms with Gasteiger partial charge in [0.15, 0.2) is 0 Å². The first-order chi connectivity index (χ1) is 10.7. The molecular weight excluding hydrogens is 296 g/mol. The summed E-state index contributed by atoms with van der Waals surface area (Å²) in [6, 6.07) is 8.60. The number of rotatable bonds is 7. The third-order valence-corrected chi connectivity index (χ3v) is 7.44. The van der Waals surface area contributed by atoms with Crippen LogP contribution in [0.1, 0.15) is 37.2 Å². The van der Waals surface area contributed by atoms with Crippen LogP contribution in [-0.4, -0.2) is 43.9 Å². The van der Waals surface area contributed by atoms with Gasteiger partial charge in [0, 0.05) is 40.2 Å². The third kappa shape index (κ3) is 3.78. The molecule has 0 amide bonds. The number of hydrogen-bond donors (Lipinski definition) is 0. The minimum atomic E-state index is -2.70. The van der Waals surface area contributed by atoms with Gasteiger partial charge in [0.1, 0.15) is 0 Å². The topological polar surface area (TPSA) is 36.9 Å². The van der Waals surface area contributed by atoms with Crippen LogP contribution in [0.25, 0.3) is 0 Å². The molecule has 1 aliphatic carbocycles. The fourth-order valence-corrected chi connectivity index (χ4v) is 5.24. The molecule has 1 aromatic rings. The largest absolute Gasteiger partial charge is 0.536 e. The number of methoxy groups -OCH3 is 1. The molecule has 124 valence electrons. The van der Waals surface area contributed by atoms with Gasteiger partial charge in [-0.15, -0.1) is 0 Å². The molecule has 0 heterocycles. The Hall–Kier alpha value is -0.723. The van der Waals surface area contributed by atoms with Crippen LogP contribution in [0.3, 0.4) is 0 Å². The quantitative estimate of drug-likeness (QED) is 0.723. The smallest absolute Gasteiger partial charge is 0.384 e. The summed E-state index contributed by atoms with van der Waals surface area (Å²) in [5, 5.41) is 1.01. The van der Waals surface area contributed by atoms with Crippen molar-refractivity contribution in [1.29, 1.82) is 0 Å². The van der Waals surface area contributed by atoms with Crippen molar-refractivity contribution in [2.45, 2.75) is 31.6 Å². The van der Waals surface area contributed by atoms with Crippen LogP contribution < -0.4 is 5.19 Å². The summed E-state index contributed by atoms with van der Waals surface area (Å²) in [4.78, 5) is 0. The second-order valence-corrected chi connectivity index (χ2v) is 8.88. The minimum absolute atomic E-state index is 0.658. The lowest BCUT2D eigenvalue weighted by Crippen LogP contribution is -2.54. The Labute approximate surface area is 135 Å². The van der Waals surface area contributed by atoms with Crippen molar-refractivity contribution in [2.24, 2.45) is 5.92 Å². The van der Waals surface area contributed by atoms with Gasteiger partial charge in [-0.2, -0.15) is 0 Å². The summed E-state index contributed by atoms with van der Waals surface area (Å²) < 4.78 is 21.9. The highest BCUT2D eigenvalue weighted by atomic mass is 28.4. The van der Waals surface area contributed by atoms with Crippen LogP contribution in [0, 0.1) is 5.92 Å². The van der Waals surface area contributed by atoms with Gasteiger partial charge in [0.2, 0.25) is 0 Å². The SMILES string of the molecule is COCC1CCC(c2ccc([Si](OC)(OC)OC)cc2)CC1. The van der Waals surface area contributed by atoms with Gasteiger partial charge < -0.3 is 18.0 Å². The summed E-state index contributed by atoms with van der Waals surface area (Å²) >= 11 is 0. The van der Waals surface area contributed by atoms with Gasteiger partial charge in [-0.25, -0.2) is 0 Å². The van der Waals surface area contributed by atoms with Crippen molar-refractivity contribution in [3.63, 3.8) is 0 Å². The highest BCUT2D eigenvalue weighted by molar-refractivity contribution is 6.75. The van der Waals surface area contributed by atoms with E-state index in [4.69, 9.17) is 18.0 Å². The first-order valence-electron chi connectivity index (χ1n) is 7.94. The predicted octanol–water partition coefficient (Wildman–Crippen LogP) is 2.69. The zero-order valence-electron chi connectivity index (χ0n) is 14.1. The van der Waals surface area contributed by atoms with E-state index in [1.165, 1.54) is 31.2 Å². The fraction of sp³-hybridized carbons (Fsp3) is 0.647. The van der Waals surface area contributed by atoms with E-state index in [1.54, 1.807) is 28.4 Å². The molecule has 0 atom stereocenters. The van der Waals surface area contributed by atoms with Crippen molar-refractivity contribution >= 4 is 14.0 Å². The van der Waals surface area contributed by atoms with E-state index in [0.717, 1.165) is 17.7 Å². The Morgan fingerprint density at radius 1 is 0.864 bits per heavy atom. The Bertz CT molecular complexity index is 428. The summed E-state index contributed by atoms with van der Waals surface area (Å²) in [6.07, 6.45) is 5.00. The van der Waals surface area contributed by atoms with E-state index >= 15 is 0 Å². The van der Waals surface area contributed by atoms with Crippen LogP contribution in [0.2, 0.25) is 0 Å². The first-order valence-corrected chi connectivity index (χ1v) is 9.66. The minimum Gasteiger partial charge on any atom is -0.384 e. The standard InChI is InChI=1S/C17H28O4Si/c1-18-13-14-5-7-15(8-6-14)16-9-11-17(12-10-16)22(19-2,20-3)21-4/h9-12,14-15H,5-8,13H2,1-4H3. The van der Waals surface area contributed by atoms with Gasteiger partial charge in [-0.3, -0.25) is 0 Å². The highest BCUT2D eigenvalue weighted by Crippen LogP contribution is 2.35. The van der Waals surface area contributed by atoms with Crippen molar-refractivity contribution in [3.8, 4) is 0 Å². The van der Waals surface area contributed by atoms with Crippen LogP contribution in [0.4, 0.5) is 0 Å². The molecule has 4 nitrogen and oxygen atoms in total. The van der Waals surface area contributed by atoms with Crippen LogP contribution in [-0.2, 0) is 18.0 Å². The zero-order chi connectivity index (χ0) is 16.0. The molecule has 5 heteroatoms. The number of ether oxygens (including phenoxy) is 1. The molecule has 22 heavy (non-hydrogen) atoms. The Morgan fingerprint density at radius 2 is 1.41 bits per heavy atom. The van der Waals surface area contributed by atoms with E-state index in [-0.39, 0.29) is 0 Å². The van der Waals surface area contributed by atoms with E-state index in [1.807, 2.05) is 0 Å². The van der Waals surface area contributed by atoms with Gasteiger partial charge >= 0.3 is 8.80 Å². The molecule has 1 fully saturated rings. The molecule has 0 unspecified atom stereocenters. The molecule has 2 rings (SSSR count). The summed E-state index contributed by atoms with van der Waals surface area (Å²) in [5.41, 5.74) is 1.41. The predicted molar refractivity (Wildman–Crippen MR) is 89.4 cm³/mol. The molecule has 0 radical (unpaired) electrons. The molecule has 1 saturated carbocycles. The maximum Gasteiger partial charge on any atom is 0.536 e. The van der Waals surface area contributed by atoms with Gasteiger partial charge in [-0.1, -0.05) is 24.3 Å². The molecule has 0 aliphatic heterocycles. The van der Waals surface area contributed by atoms with Crippen molar-refractivity contribution in [2.75, 3.05) is 35.0 Å². The van der Waals surface area contributed by atoms with E-state index < -0.39 is 8.80 Å². The molecule has 0 bridgehead atoms. The van der Waals surface area contributed by atoms with E-state index in [0.29, 0.717) is 5.92 Å². The Morgan fingerprint density at radius 3 is 1.86 bits per heavy atom. The van der Waals surface area contributed by atoms with Crippen molar-refractivity contribution in [3.05, 3.63) is 29.8 Å². The van der Waals surface area contributed by atoms with Crippen molar-refractivity contribution < 1.29 is 18.0 Å². The Kier molecular flexibility index (Phi) is 6.59. The van der Waals surface area contributed by atoms with Crippen LogP contribution in [0.15, 0.2) is 24.3 Å². The number of benzene rings is 1. The van der Waals surface area contributed by atoms with Crippen molar-refractivity contribution in [1.82, 2.24) is 0 Å². The lowest BCUT2D eigenvalue weighted by molar-refractivity contribution is 0.127. The van der Waals surface area contributed by atoms with Gasteiger partial charge in [-0.05, 0) is 43.1 Å². The summed E-state index contributed by atoms with van der Waals surface area (Å²) in [7, 11) is 4.02. The molecule has 1 aliphatic rings. The maximum absolute atomic E-state index is 5.53. The molecular formula is C17H28O4Si. The maximum atomic E-state index is 5.53. The normalized spacial score (nSPS) is 22.7. The average Bonchev–Trinajstić information content (AvgIpc) is 2.59. The monoisotopic (exact) mass is 324 g/mol. The second-order valence-electron chi connectivity index (χ2n) is 5.96. The lowest BCUT2D eigenvalue weighted by Gasteiger charge is -2.29. The number of hydrogen-bond acceptors (Lipinski definition) is 4. The second kappa shape index (κ2) is 8.22. The van der Waals surface area contributed by atoms with Gasteiger partial charge in [0.05, 0.1) is 0 Å². The molecule has 0 aromatic heterocycles. The molecule has 1 aromatic carbocycles. The zero-order valence-corrected chi connectivity index (χ0v) is 15.1. The van der Waals surface area contributed by atoms with E-state index in [2.05, 4.69) is 24.3 Å². The highest BCUT2D eigenvalue weighted by Gasteiger charge is 2.40. The first kappa shape index (κ1) is 17.6. The fourth-order valence-electron chi connectivity index (χ4n) is 3.46. The van der Waals surface area contributed by atoms with Gasteiger partial charge in [0.25, 0.3) is 0 Å². The lowest BCUT2D eigenvalue weighted by atomic mass is 9.79. The molecule has 0 N–H and O–H groups in total.